The van der Waals surface area contributed by atoms with E-state index in [1.54, 1.807) is 6.20 Å². The van der Waals surface area contributed by atoms with E-state index in [2.05, 4.69) is 10.5 Å². The fourth-order valence-electron chi connectivity index (χ4n) is 1.48. The summed E-state index contributed by atoms with van der Waals surface area (Å²) in [5, 5.41) is 6.90. The molecule has 1 fully saturated rings. The summed E-state index contributed by atoms with van der Waals surface area (Å²) in [6.07, 6.45) is 2.85. The van der Waals surface area contributed by atoms with Crippen LogP contribution in [0.4, 0.5) is 5.88 Å². The van der Waals surface area contributed by atoms with Crippen LogP contribution in [0.25, 0.3) is 0 Å². The first-order valence-corrected chi connectivity index (χ1v) is 3.78. The fourth-order valence-corrected chi connectivity index (χ4v) is 1.48. The lowest BCUT2D eigenvalue weighted by atomic mass is 10.0. The average molecular weight is 153 g/mol. The zero-order valence-corrected chi connectivity index (χ0v) is 6.21. The molecule has 0 aromatic carbocycles. The van der Waals surface area contributed by atoms with Crippen molar-refractivity contribution in [3.8, 4) is 0 Å². The molecule has 2 heterocycles. The number of aromatic nitrogens is 1. The summed E-state index contributed by atoms with van der Waals surface area (Å²) in [6, 6.07) is 0. The molecule has 1 aromatic rings. The minimum absolute atomic E-state index is 0.471. The van der Waals surface area contributed by atoms with Crippen molar-refractivity contribution in [2.45, 2.75) is 12.3 Å². The summed E-state index contributed by atoms with van der Waals surface area (Å²) >= 11 is 0. The Balaban J connectivity index is 2.21. The normalized spacial score (nSPS) is 24.2. The summed E-state index contributed by atoms with van der Waals surface area (Å²) in [7, 11) is 0. The van der Waals surface area contributed by atoms with Gasteiger partial charge in [-0.25, -0.2) is 0 Å². The van der Waals surface area contributed by atoms with Gasteiger partial charge in [-0.3, -0.25) is 0 Å². The van der Waals surface area contributed by atoms with Gasteiger partial charge >= 0.3 is 0 Å². The number of nitrogens with one attached hydrogen (secondary N) is 1. The van der Waals surface area contributed by atoms with Crippen LogP contribution in [-0.4, -0.2) is 18.2 Å². The summed E-state index contributed by atoms with van der Waals surface area (Å²) < 4.78 is 4.78. The predicted molar refractivity (Wildman–Crippen MR) is 41.1 cm³/mol. The molecule has 0 amide bonds. The highest BCUT2D eigenvalue weighted by atomic mass is 16.5. The topological polar surface area (TPSA) is 64.1 Å². The Kier molecular flexibility index (Phi) is 1.54. The Bertz CT molecular complexity index is 240. The van der Waals surface area contributed by atoms with Crippen molar-refractivity contribution in [3.63, 3.8) is 0 Å². The van der Waals surface area contributed by atoms with Crippen LogP contribution in [0.15, 0.2) is 10.7 Å². The molecule has 4 heteroatoms. The molecule has 2 rings (SSSR count). The van der Waals surface area contributed by atoms with Gasteiger partial charge < -0.3 is 15.6 Å². The van der Waals surface area contributed by atoms with Gasteiger partial charge in [0.25, 0.3) is 0 Å². The quantitative estimate of drug-likeness (QED) is 0.610. The van der Waals surface area contributed by atoms with E-state index in [-0.39, 0.29) is 0 Å². The monoisotopic (exact) mass is 153 g/mol. The summed E-state index contributed by atoms with van der Waals surface area (Å²) in [5.41, 5.74) is 6.61. The second kappa shape index (κ2) is 2.54. The lowest BCUT2D eigenvalue weighted by Gasteiger charge is -2.03. The highest BCUT2D eigenvalue weighted by Gasteiger charge is 2.20. The third-order valence-corrected chi connectivity index (χ3v) is 2.13. The van der Waals surface area contributed by atoms with Gasteiger partial charge in [-0.15, -0.1) is 0 Å². The molecule has 1 unspecified atom stereocenters. The predicted octanol–water partition coefficient (Wildman–Crippen LogP) is 0.334. The van der Waals surface area contributed by atoms with Crippen molar-refractivity contribution >= 4 is 5.88 Å². The minimum Gasteiger partial charge on any atom is -0.367 e. The third-order valence-electron chi connectivity index (χ3n) is 2.13. The van der Waals surface area contributed by atoms with Gasteiger partial charge in [0, 0.05) is 18.0 Å². The third kappa shape index (κ3) is 1.09. The zero-order chi connectivity index (χ0) is 7.68. The first-order chi connectivity index (χ1) is 5.38. The molecule has 11 heavy (non-hydrogen) atoms. The van der Waals surface area contributed by atoms with E-state index in [1.807, 2.05) is 0 Å². The van der Waals surface area contributed by atoms with Gasteiger partial charge in [0.15, 0.2) is 0 Å². The van der Waals surface area contributed by atoms with Crippen molar-refractivity contribution in [2.24, 2.45) is 0 Å². The van der Waals surface area contributed by atoms with Gasteiger partial charge in [0.05, 0.1) is 6.20 Å². The largest absolute Gasteiger partial charge is 0.367 e. The van der Waals surface area contributed by atoms with Crippen molar-refractivity contribution in [1.82, 2.24) is 10.5 Å². The van der Waals surface area contributed by atoms with E-state index >= 15 is 0 Å². The Labute approximate surface area is 64.7 Å². The number of nitrogens with zero attached hydrogens (tertiary/aromatic N) is 1. The van der Waals surface area contributed by atoms with Crippen LogP contribution in [0.5, 0.6) is 0 Å². The van der Waals surface area contributed by atoms with Crippen LogP contribution in [0.1, 0.15) is 17.9 Å². The molecule has 4 nitrogen and oxygen atoms in total. The first kappa shape index (κ1) is 6.67. The van der Waals surface area contributed by atoms with Crippen molar-refractivity contribution < 1.29 is 4.52 Å². The number of hydrogen-bond acceptors (Lipinski definition) is 4. The van der Waals surface area contributed by atoms with E-state index in [1.165, 1.54) is 0 Å². The SMILES string of the molecule is Nc1oncc1C1CCNC1. The van der Waals surface area contributed by atoms with E-state index in [0.29, 0.717) is 11.8 Å². The average Bonchev–Trinajstić information content (AvgIpc) is 2.55. The van der Waals surface area contributed by atoms with Crippen molar-refractivity contribution in [3.05, 3.63) is 11.8 Å². The van der Waals surface area contributed by atoms with Crippen molar-refractivity contribution in [2.75, 3.05) is 18.8 Å². The smallest absolute Gasteiger partial charge is 0.225 e. The van der Waals surface area contributed by atoms with Gasteiger partial charge in [-0.05, 0) is 13.0 Å². The van der Waals surface area contributed by atoms with Gasteiger partial charge in [0.2, 0.25) is 5.88 Å². The Hall–Kier alpha value is -1.03. The molecule has 0 bridgehead atoms. The molecular weight excluding hydrogens is 142 g/mol. The van der Waals surface area contributed by atoms with Gasteiger partial charge in [0.1, 0.15) is 0 Å². The molecule has 0 saturated carbocycles. The molecular formula is C7H11N3O. The van der Waals surface area contributed by atoms with E-state index in [4.69, 9.17) is 10.3 Å². The number of anilines is 1. The first-order valence-electron chi connectivity index (χ1n) is 3.78. The standard InChI is InChI=1S/C7H11N3O/c8-7-6(4-10-11-7)5-1-2-9-3-5/h4-5,9H,1-3,8H2. The van der Waals surface area contributed by atoms with Crippen LogP contribution >= 0.6 is 0 Å². The fraction of sp³-hybridized carbons (Fsp3) is 0.571. The zero-order valence-electron chi connectivity index (χ0n) is 6.21. The lowest BCUT2D eigenvalue weighted by molar-refractivity contribution is 0.435. The number of hydrogen-bond donors (Lipinski definition) is 2. The van der Waals surface area contributed by atoms with E-state index in [9.17, 15) is 0 Å². The second-order valence-electron chi connectivity index (χ2n) is 2.84. The molecule has 60 valence electrons. The van der Waals surface area contributed by atoms with Crippen LogP contribution in [0, 0.1) is 0 Å². The molecule has 1 aliphatic heterocycles. The number of nitrogen functional groups attached to an aromatic ring is 1. The molecule has 1 aliphatic rings. The Morgan fingerprint density at radius 3 is 3.18 bits per heavy atom. The lowest BCUT2D eigenvalue weighted by Crippen LogP contribution is -2.08. The molecule has 0 radical (unpaired) electrons. The van der Waals surface area contributed by atoms with Crippen LogP contribution < -0.4 is 11.1 Å². The highest BCUT2D eigenvalue weighted by molar-refractivity contribution is 5.37. The molecule has 3 N–H and O–H groups in total. The molecule has 0 spiro atoms. The van der Waals surface area contributed by atoms with Crippen LogP contribution in [-0.2, 0) is 0 Å². The maximum Gasteiger partial charge on any atom is 0.225 e. The summed E-state index contributed by atoms with van der Waals surface area (Å²) in [6.45, 7) is 2.06. The van der Waals surface area contributed by atoms with E-state index < -0.39 is 0 Å². The van der Waals surface area contributed by atoms with Gasteiger partial charge in [-0.2, -0.15) is 0 Å². The van der Waals surface area contributed by atoms with Gasteiger partial charge in [-0.1, -0.05) is 5.16 Å². The summed E-state index contributed by atoms with van der Waals surface area (Å²) in [5.74, 6) is 0.972. The Morgan fingerprint density at radius 2 is 2.64 bits per heavy atom. The van der Waals surface area contributed by atoms with Crippen LogP contribution in [0.3, 0.4) is 0 Å². The maximum absolute atomic E-state index is 5.56. The number of rotatable bonds is 1. The van der Waals surface area contributed by atoms with Crippen molar-refractivity contribution in [1.29, 1.82) is 0 Å². The molecule has 1 saturated heterocycles. The molecule has 0 aliphatic carbocycles. The maximum atomic E-state index is 5.56. The number of nitrogens with two attached hydrogens (primary N) is 1. The molecule has 1 atom stereocenters. The van der Waals surface area contributed by atoms with E-state index in [0.717, 1.165) is 25.1 Å². The Morgan fingerprint density at radius 1 is 1.73 bits per heavy atom. The second-order valence-corrected chi connectivity index (χ2v) is 2.84. The minimum atomic E-state index is 0.471. The summed E-state index contributed by atoms with van der Waals surface area (Å²) in [4.78, 5) is 0. The van der Waals surface area contributed by atoms with Crippen LogP contribution in [0.2, 0.25) is 0 Å². The molecule has 1 aromatic heterocycles. The highest BCUT2D eigenvalue weighted by Crippen LogP contribution is 2.26.